The van der Waals surface area contributed by atoms with E-state index in [9.17, 15) is 0 Å². The molecule has 0 aromatic carbocycles. The normalized spacial score (nSPS) is 31.2. The van der Waals surface area contributed by atoms with E-state index >= 15 is 0 Å². The van der Waals surface area contributed by atoms with Crippen LogP contribution in [0.3, 0.4) is 0 Å². The summed E-state index contributed by atoms with van der Waals surface area (Å²) in [5.41, 5.74) is 0. The van der Waals surface area contributed by atoms with E-state index < -0.39 is 0 Å². The average molecular weight is 144 g/mol. The highest BCUT2D eigenvalue weighted by molar-refractivity contribution is 4.83. The summed E-state index contributed by atoms with van der Waals surface area (Å²) in [6, 6.07) is 0.557. The third kappa shape index (κ3) is 2.25. The minimum absolute atomic E-state index is 0.297. The molecule has 60 valence electrons. The lowest BCUT2D eigenvalue weighted by Crippen LogP contribution is -2.29. The van der Waals surface area contributed by atoms with Gasteiger partial charge in [0.05, 0.1) is 0 Å². The molecule has 0 aromatic heterocycles. The van der Waals surface area contributed by atoms with Crippen LogP contribution in [0.4, 0.5) is 0 Å². The molecule has 2 N–H and O–H groups in total. The summed E-state index contributed by atoms with van der Waals surface area (Å²) in [7, 11) is 1.92. The number of rotatable bonds is 4. The fourth-order valence-corrected chi connectivity index (χ4v) is 0.904. The predicted molar refractivity (Wildman–Crippen MR) is 40.9 cm³/mol. The molecule has 0 bridgehead atoms. The Balaban J connectivity index is 1.96. The highest BCUT2D eigenvalue weighted by atomic mass is 16.6. The van der Waals surface area contributed by atoms with E-state index in [0.717, 1.165) is 6.54 Å². The topological polar surface area (TPSA) is 36.6 Å². The van der Waals surface area contributed by atoms with Gasteiger partial charge < -0.3 is 10.1 Å². The largest absolute Gasteiger partial charge is 0.352 e. The molecule has 1 rings (SSSR count). The molecule has 1 saturated heterocycles. The van der Waals surface area contributed by atoms with Crippen molar-refractivity contribution in [3.63, 3.8) is 0 Å². The van der Waals surface area contributed by atoms with Crippen molar-refractivity contribution in [3.8, 4) is 0 Å². The van der Waals surface area contributed by atoms with E-state index in [-0.39, 0.29) is 0 Å². The lowest BCUT2D eigenvalue weighted by molar-refractivity contribution is 0.346. The monoisotopic (exact) mass is 144 g/mol. The van der Waals surface area contributed by atoms with Crippen molar-refractivity contribution < 1.29 is 4.74 Å². The molecule has 1 fully saturated rings. The van der Waals surface area contributed by atoms with Crippen LogP contribution in [-0.2, 0) is 4.74 Å². The van der Waals surface area contributed by atoms with Crippen molar-refractivity contribution in [1.82, 2.24) is 10.6 Å². The second-order valence-electron chi connectivity index (χ2n) is 2.95. The van der Waals surface area contributed by atoms with Gasteiger partial charge in [-0.3, -0.25) is 5.32 Å². The molecule has 0 aromatic rings. The van der Waals surface area contributed by atoms with E-state index in [1.807, 2.05) is 7.05 Å². The molecule has 0 saturated carbocycles. The van der Waals surface area contributed by atoms with Crippen molar-refractivity contribution >= 4 is 0 Å². The molecule has 0 aliphatic carbocycles. The first-order chi connectivity index (χ1) is 4.74. The van der Waals surface area contributed by atoms with Gasteiger partial charge in [0.15, 0.2) is 0 Å². The average Bonchev–Trinajstić information content (AvgIpc) is 2.61. The van der Waals surface area contributed by atoms with Crippen LogP contribution in [0.1, 0.15) is 13.8 Å². The van der Waals surface area contributed by atoms with E-state index in [4.69, 9.17) is 4.74 Å². The maximum Gasteiger partial charge on any atom is 0.136 e. The highest BCUT2D eigenvalue weighted by Gasteiger charge is 2.36. The molecule has 2 atom stereocenters. The zero-order valence-electron chi connectivity index (χ0n) is 6.85. The van der Waals surface area contributed by atoms with E-state index in [2.05, 4.69) is 24.5 Å². The Morgan fingerprint density at radius 2 is 2.20 bits per heavy atom. The zero-order chi connectivity index (χ0) is 7.56. The Hall–Kier alpha value is -0.120. The Morgan fingerprint density at radius 3 is 2.60 bits per heavy atom. The summed E-state index contributed by atoms with van der Waals surface area (Å²) in [4.78, 5) is 0. The van der Waals surface area contributed by atoms with E-state index in [1.165, 1.54) is 0 Å². The summed E-state index contributed by atoms with van der Waals surface area (Å²) in [5.74, 6) is 0. The Bertz CT molecular complexity index is 106. The van der Waals surface area contributed by atoms with Crippen LogP contribution < -0.4 is 10.6 Å². The minimum atomic E-state index is 0.297. The number of nitrogens with one attached hydrogen (secondary N) is 2. The Morgan fingerprint density at radius 1 is 1.50 bits per heavy atom. The SMILES string of the molecule is CNC1OC1CNC(C)C. The maximum atomic E-state index is 5.24. The van der Waals surface area contributed by atoms with Gasteiger partial charge in [0, 0.05) is 12.6 Å². The second-order valence-corrected chi connectivity index (χ2v) is 2.95. The van der Waals surface area contributed by atoms with Gasteiger partial charge in [-0.2, -0.15) is 0 Å². The third-order valence-electron chi connectivity index (χ3n) is 1.59. The third-order valence-corrected chi connectivity index (χ3v) is 1.59. The summed E-state index contributed by atoms with van der Waals surface area (Å²) in [6.07, 6.45) is 0.693. The van der Waals surface area contributed by atoms with Crippen LogP contribution in [0.5, 0.6) is 0 Å². The van der Waals surface area contributed by atoms with Gasteiger partial charge in [0.25, 0.3) is 0 Å². The highest BCUT2D eigenvalue weighted by Crippen LogP contribution is 2.16. The van der Waals surface area contributed by atoms with E-state index in [0.29, 0.717) is 18.4 Å². The molecule has 10 heavy (non-hydrogen) atoms. The molecule has 1 aliphatic heterocycles. The second kappa shape index (κ2) is 3.32. The summed E-state index contributed by atoms with van der Waals surface area (Å²) in [6.45, 7) is 5.23. The van der Waals surface area contributed by atoms with Gasteiger partial charge in [0.2, 0.25) is 0 Å². The van der Waals surface area contributed by atoms with Gasteiger partial charge in [0.1, 0.15) is 12.3 Å². The number of hydrogen-bond donors (Lipinski definition) is 2. The Labute approximate surface area is 62.1 Å². The van der Waals surface area contributed by atoms with Crippen LogP contribution in [0.25, 0.3) is 0 Å². The number of ether oxygens (including phenoxy) is 1. The molecule has 1 aliphatic rings. The number of epoxide rings is 1. The van der Waals surface area contributed by atoms with Crippen LogP contribution in [0.15, 0.2) is 0 Å². The lowest BCUT2D eigenvalue weighted by Gasteiger charge is -2.04. The van der Waals surface area contributed by atoms with Crippen LogP contribution >= 0.6 is 0 Å². The molecule has 0 radical (unpaired) electrons. The first-order valence-electron chi connectivity index (χ1n) is 3.80. The molecule has 0 spiro atoms. The first kappa shape index (κ1) is 7.98. The van der Waals surface area contributed by atoms with Crippen molar-refractivity contribution in [2.24, 2.45) is 0 Å². The summed E-state index contributed by atoms with van der Waals surface area (Å²) >= 11 is 0. The van der Waals surface area contributed by atoms with Crippen LogP contribution in [0.2, 0.25) is 0 Å². The molecular formula is C7H16N2O. The molecule has 0 amide bonds. The van der Waals surface area contributed by atoms with Gasteiger partial charge in [-0.25, -0.2) is 0 Å². The smallest absolute Gasteiger partial charge is 0.136 e. The van der Waals surface area contributed by atoms with Crippen molar-refractivity contribution in [2.45, 2.75) is 32.2 Å². The fraction of sp³-hybridized carbons (Fsp3) is 1.00. The maximum absolute atomic E-state index is 5.24. The molecular weight excluding hydrogens is 128 g/mol. The molecule has 1 heterocycles. The molecule has 3 heteroatoms. The lowest BCUT2D eigenvalue weighted by atomic mass is 10.3. The van der Waals surface area contributed by atoms with E-state index in [1.54, 1.807) is 0 Å². The van der Waals surface area contributed by atoms with Gasteiger partial charge >= 0.3 is 0 Å². The molecule has 2 unspecified atom stereocenters. The zero-order valence-corrected chi connectivity index (χ0v) is 6.85. The summed E-state index contributed by atoms with van der Waals surface area (Å²) < 4.78 is 5.24. The van der Waals surface area contributed by atoms with Crippen LogP contribution in [-0.4, -0.2) is 32.0 Å². The van der Waals surface area contributed by atoms with Gasteiger partial charge in [-0.15, -0.1) is 0 Å². The number of hydrogen-bond acceptors (Lipinski definition) is 3. The minimum Gasteiger partial charge on any atom is -0.352 e. The van der Waals surface area contributed by atoms with Crippen molar-refractivity contribution in [1.29, 1.82) is 0 Å². The molecule has 3 nitrogen and oxygen atoms in total. The van der Waals surface area contributed by atoms with Gasteiger partial charge in [-0.05, 0) is 7.05 Å². The van der Waals surface area contributed by atoms with Crippen molar-refractivity contribution in [2.75, 3.05) is 13.6 Å². The number of likely N-dealkylation sites (N-methyl/N-ethyl adjacent to an activating group) is 1. The predicted octanol–water partition coefficient (Wildman–Crippen LogP) is -0.0713. The standard InChI is InChI=1S/C7H16N2O/c1-5(2)9-4-6-7(8-3)10-6/h5-9H,4H2,1-3H3. The first-order valence-corrected chi connectivity index (χ1v) is 3.80. The quantitative estimate of drug-likeness (QED) is 0.542. The summed E-state index contributed by atoms with van der Waals surface area (Å²) in [5, 5.41) is 6.36. The Kier molecular flexibility index (Phi) is 2.65. The van der Waals surface area contributed by atoms with Crippen molar-refractivity contribution in [3.05, 3.63) is 0 Å². The fourth-order valence-electron chi connectivity index (χ4n) is 0.904. The van der Waals surface area contributed by atoms with Crippen LogP contribution in [0, 0.1) is 0 Å². The van der Waals surface area contributed by atoms with Gasteiger partial charge in [-0.1, -0.05) is 13.8 Å².